The van der Waals surface area contributed by atoms with Crippen molar-refractivity contribution < 1.29 is 4.74 Å². The minimum absolute atomic E-state index is 0.171. The maximum absolute atomic E-state index is 6.46. The van der Waals surface area contributed by atoms with Crippen LogP contribution in [0.3, 0.4) is 0 Å². The van der Waals surface area contributed by atoms with Gasteiger partial charge in [-0.2, -0.15) is 0 Å². The normalized spacial score (nSPS) is 36.2. The first-order chi connectivity index (χ1) is 9.26. The van der Waals surface area contributed by atoms with Gasteiger partial charge in [0.05, 0.1) is 5.60 Å². The molecule has 0 aromatic heterocycles. The van der Waals surface area contributed by atoms with Gasteiger partial charge >= 0.3 is 0 Å². The largest absolute Gasteiger partial charge is 0.374 e. The second kappa shape index (κ2) is 6.13. The average Bonchev–Trinajstić information content (AvgIpc) is 3.14. The summed E-state index contributed by atoms with van der Waals surface area (Å²) in [4.78, 5) is 0. The highest BCUT2D eigenvalue weighted by atomic mass is 16.5. The van der Waals surface area contributed by atoms with Crippen LogP contribution in [0.15, 0.2) is 0 Å². The van der Waals surface area contributed by atoms with Crippen LogP contribution >= 0.6 is 0 Å². The van der Waals surface area contributed by atoms with E-state index in [-0.39, 0.29) is 5.60 Å². The van der Waals surface area contributed by atoms with Crippen molar-refractivity contribution >= 4 is 0 Å². The van der Waals surface area contributed by atoms with E-state index >= 15 is 0 Å². The SMILES string of the molecule is CC1CCCC(CNC2CC2)(OCCC2CCC2)C1. The molecule has 0 aliphatic heterocycles. The van der Waals surface area contributed by atoms with E-state index in [0.717, 1.165) is 31.0 Å². The van der Waals surface area contributed by atoms with E-state index in [1.54, 1.807) is 0 Å². The number of ether oxygens (including phenoxy) is 1. The maximum Gasteiger partial charge on any atom is 0.0808 e. The molecule has 0 radical (unpaired) electrons. The van der Waals surface area contributed by atoms with Crippen molar-refractivity contribution in [2.75, 3.05) is 13.2 Å². The molecule has 3 saturated carbocycles. The second-order valence-corrected chi connectivity index (χ2v) is 7.47. The molecule has 0 amide bonds. The highest BCUT2D eigenvalue weighted by Crippen LogP contribution is 2.37. The Morgan fingerprint density at radius 2 is 1.95 bits per heavy atom. The zero-order valence-corrected chi connectivity index (χ0v) is 12.6. The molecular formula is C17H31NO. The fourth-order valence-corrected chi connectivity index (χ4v) is 3.80. The molecule has 3 fully saturated rings. The first-order valence-corrected chi connectivity index (χ1v) is 8.63. The van der Waals surface area contributed by atoms with E-state index in [1.165, 1.54) is 64.2 Å². The topological polar surface area (TPSA) is 21.3 Å². The van der Waals surface area contributed by atoms with Gasteiger partial charge in [-0.3, -0.25) is 0 Å². The predicted octanol–water partition coefficient (Wildman–Crippen LogP) is 3.89. The molecule has 0 aromatic carbocycles. The minimum Gasteiger partial charge on any atom is -0.374 e. The Hall–Kier alpha value is -0.0800. The van der Waals surface area contributed by atoms with Gasteiger partial charge in [-0.25, -0.2) is 0 Å². The molecule has 1 N–H and O–H groups in total. The van der Waals surface area contributed by atoms with Crippen molar-refractivity contribution in [1.82, 2.24) is 5.32 Å². The number of hydrogen-bond acceptors (Lipinski definition) is 2. The van der Waals surface area contributed by atoms with Crippen LogP contribution < -0.4 is 5.32 Å². The first-order valence-electron chi connectivity index (χ1n) is 8.63. The Bertz CT molecular complexity index is 285. The number of hydrogen-bond donors (Lipinski definition) is 1. The zero-order chi connectivity index (χ0) is 13.1. The average molecular weight is 265 g/mol. The standard InChI is InChI=1S/C17H31NO/c1-14-4-3-10-17(12-14,13-18-16-7-8-16)19-11-9-15-5-2-6-15/h14-16,18H,2-13H2,1H3. The van der Waals surface area contributed by atoms with E-state index in [1.807, 2.05) is 0 Å². The number of nitrogens with one attached hydrogen (secondary N) is 1. The van der Waals surface area contributed by atoms with E-state index in [0.29, 0.717) is 0 Å². The Morgan fingerprint density at radius 1 is 1.11 bits per heavy atom. The summed E-state index contributed by atoms with van der Waals surface area (Å²) in [6, 6.07) is 0.810. The summed E-state index contributed by atoms with van der Waals surface area (Å²) < 4.78 is 6.46. The van der Waals surface area contributed by atoms with Crippen molar-refractivity contribution in [2.45, 2.75) is 82.8 Å². The van der Waals surface area contributed by atoms with Crippen molar-refractivity contribution in [1.29, 1.82) is 0 Å². The molecule has 19 heavy (non-hydrogen) atoms. The summed E-state index contributed by atoms with van der Waals surface area (Å²) in [7, 11) is 0. The van der Waals surface area contributed by atoms with Gasteiger partial charge in [-0.05, 0) is 43.9 Å². The molecule has 0 saturated heterocycles. The van der Waals surface area contributed by atoms with Gasteiger partial charge in [-0.15, -0.1) is 0 Å². The van der Waals surface area contributed by atoms with Gasteiger partial charge in [0.25, 0.3) is 0 Å². The second-order valence-electron chi connectivity index (χ2n) is 7.47. The molecular weight excluding hydrogens is 234 g/mol. The third-order valence-electron chi connectivity index (χ3n) is 5.50. The van der Waals surface area contributed by atoms with Crippen LogP contribution in [-0.2, 0) is 4.74 Å². The van der Waals surface area contributed by atoms with Crippen LogP contribution in [0, 0.1) is 11.8 Å². The first kappa shape index (κ1) is 13.9. The Balaban J connectivity index is 1.47. The van der Waals surface area contributed by atoms with Crippen molar-refractivity contribution in [3.8, 4) is 0 Å². The fraction of sp³-hybridized carbons (Fsp3) is 1.00. The van der Waals surface area contributed by atoms with Crippen LogP contribution in [0.1, 0.15) is 71.1 Å². The summed E-state index contributed by atoms with van der Waals surface area (Å²) in [5, 5.41) is 3.73. The molecule has 3 aliphatic carbocycles. The monoisotopic (exact) mass is 265 g/mol. The summed E-state index contributed by atoms with van der Waals surface area (Å²) in [5.74, 6) is 1.83. The summed E-state index contributed by atoms with van der Waals surface area (Å²) in [5.41, 5.74) is 0.171. The third-order valence-corrected chi connectivity index (χ3v) is 5.50. The quantitative estimate of drug-likeness (QED) is 0.754. The number of rotatable bonds is 7. The van der Waals surface area contributed by atoms with Crippen LogP contribution in [0.2, 0.25) is 0 Å². The highest BCUT2D eigenvalue weighted by molar-refractivity contribution is 4.92. The molecule has 0 heterocycles. The fourth-order valence-electron chi connectivity index (χ4n) is 3.80. The van der Waals surface area contributed by atoms with Crippen LogP contribution in [0.5, 0.6) is 0 Å². The van der Waals surface area contributed by atoms with Crippen LogP contribution in [0.25, 0.3) is 0 Å². The van der Waals surface area contributed by atoms with Crippen LogP contribution in [0.4, 0.5) is 0 Å². The zero-order valence-electron chi connectivity index (χ0n) is 12.6. The summed E-state index contributed by atoms with van der Waals surface area (Å²) >= 11 is 0. The van der Waals surface area contributed by atoms with Crippen molar-refractivity contribution in [3.63, 3.8) is 0 Å². The lowest BCUT2D eigenvalue weighted by Crippen LogP contribution is -2.47. The Kier molecular flexibility index (Phi) is 4.48. The lowest BCUT2D eigenvalue weighted by Gasteiger charge is -2.41. The van der Waals surface area contributed by atoms with Crippen molar-refractivity contribution in [2.24, 2.45) is 11.8 Å². The molecule has 2 atom stereocenters. The van der Waals surface area contributed by atoms with Gasteiger partial charge < -0.3 is 10.1 Å². The highest BCUT2D eigenvalue weighted by Gasteiger charge is 2.37. The predicted molar refractivity (Wildman–Crippen MR) is 79.3 cm³/mol. The molecule has 2 nitrogen and oxygen atoms in total. The van der Waals surface area contributed by atoms with E-state index in [2.05, 4.69) is 12.2 Å². The van der Waals surface area contributed by atoms with E-state index < -0.39 is 0 Å². The van der Waals surface area contributed by atoms with E-state index in [9.17, 15) is 0 Å². The van der Waals surface area contributed by atoms with Crippen LogP contribution in [-0.4, -0.2) is 24.8 Å². The van der Waals surface area contributed by atoms with Gasteiger partial charge in [0.2, 0.25) is 0 Å². The molecule has 0 bridgehead atoms. The Labute approximate surface area is 118 Å². The van der Waals surface area contributed by atoms with Gasteiger partial charge in [-0.1, -0.05) is 39.0 Å². The smallest absolute Gasteiger partial charge is 0.0808 e. The molecule has 110 valence electrons. The summed E-state index contributed by atoms with van der Waals surface area (Å²) in [6.07, 6.45) is 13.7. The Morgan fingerprint density at radius 3 is 2.58 bits per heavy atom. The molecule has 0 aromatic rings. The van der Waals surface area contributed by atoms with Crippen molar-refractivity contribution in [3.05, 3.63) is 0 Å². The van der Waals surface area contributed by atoms with Gasteiger partial charge in [0.1, 0.15) is 0 Å². The lowest BCUT2D eigenvalue weighted by atomic mass is 9.78. The summed E-state index contributed by atoms with van der Waals surface area (Å²) in [6.45, 7) is 4.51. The van der Waals surface area contributed by atoms with Gasteiger partial charge in [0.15, 0.2) is 0 Å². The maximum atomic E-state index is 6.46. The minimum atomic E-state index is 0.171. The van der Waals surface area contributed by atoms with E-state index in [4.69, 9.17) is 4.74 Å². The molecule has 2 unspecified atom stereocenters. The molecule has 0 spiro atoms. The van der Waals surface area contributed by atoms with Gasteiger partial charge in [0, 0.05) is 19.2 Å². The lowest BCUT2D eigenvalue weighted by molar-refractivity contribution is -0.0851. The molecule has 3 rings (SSSR count). The molecule has 3 aliphatic rings. The molecule has 2 heteroatoms. The third kappa shape index (κ3) is 3.95.